The first-order valence-electron chi connectivity index (χ1n) is 7.23. The second-order valence-corrected chi connectivity index (χ2v) is 5.73. The highest BCUT2D eigenvalue weighted by Gasteiger charge is 2.40. The topological polar surface area (TPSA) is 63.7 Å². The molecule has 0 radical (unpaired) electrons. The van der Waals surface area contributed by atoms with Crippen molar-refractivity contribution in [3.05, 3.63) is 35.1 Å². The SMILES string of the molecule is COC(=O)[C@H]1CC[C@H]2CC(=O)c3cc(F)ccc3C(=O)N2C1. The number of ether oxygens (including phenoxy) is 1. The molecule has 0 saturated carbocycles. The Morgan fingerprint density at radius 3 is 2.77 bits per heavy atom. The zero-order valence-electron chi connectivity index (χ0n) is 12.2. The Kier molecular flexibility index (Phi) is 3.68. The largest absolute Gasteiger partial charge is 0.469 e. The summed E-state index contributed by atoms with van der Waals surface area (Å²) in [6.45, 7) is 0.236. The second kappa shape index (κ2) is 5.51. The van der Waals surface area contributed by atoms with Gasteiger partial charge in [0.1, 0.15) is 5.82 Å². The van der Waals surface area contributed by atoms with Crippen LogP contribution in [0.3, 0.4) is 0 Å². The molecule has 1 aromatic carbocycles. The molecule has 0 aromatic heterocycles. The van der Waals surface area contributed by atoms with E-state index in [-0.39, 0.29) is 53.7 Å². The minimum absolute atomic E-state index is 0.133. The zero-order valence-corrected chi connectivity index (χ0v) is 12.2. The lowest BCUT2D eigenvalue weighted by Crippen LogP contribution is -2.48. The maximum atomic E-state index is 13.4. The fourth-order valence-electron chi connectivity index (χ4n) is 3.26. The van der Waals surface area contributed by atoms with Crippen LogP contribution in [0.2, 0.25) is 0 Å². The summed E-state index contributed by atoms with van der Waals surface area (Å²) in [6, 6.07) is 3.39. The summed E-state index contributed by atoms with van der Waals surface area (Å²) in [7, 11) is 1.32. The summed E-state index contributed by atoms with van der Waals surface area (Å²) in [5.41, 5.74) is 0.341. The zero-order chi connectivity index (χ0) is 15.9. The van der Waals surface area contributed by atoms with Crippen molar-refractivity contribution in [1.29, 1.82) is 0 Å². The maximum Gasteiger partial charge on any atom is 0.310 e. The third kappa shape index (κ3) is 2.38. The second-order valence-electron chi connectivity index (χ2n) is 5.73. The van der Waals surface area contributed by atoms with Crippen molar-refractivity contribution in [2.75, 3.05) is 13.7 Å². The molecule has 0 aliphatic carbocycles. The van der Waals surface area contributed by atoms with Crippen molar-refractivity contribution in [3.63, 3.8) is 0 Å². The van der Waals surface area contributed by atoms with E-state index < -0.39 is 5.82 Å². The van der Waals surface area contributed by atoms with Gasteiger partial charge in [-0.05, 0) is 31.0 Å². The molecule has 2 aliphatic rings. The number of esters is 1. The smallest absolute Gasteiger partial charge is 0.310 e. The van der Waals surface area contributed by atoms with Crippen LogP contribution in [0.25, 0.3) is 0 Å². The Morgan fingerprint density at radius 2 is 2.05 bits per heavy atom. The number of fused-ring (bicyclic) bond motifs is 2. The first kappa shape index (κ1) is 14.7. The monoisotopic (exact) mass is 305 g/mol. The number of benzene rings is 1. The van der Waals surface area contributed by atoms with Crippen molar-refractivity contribution in [3.8, 4) is 0 Å². The molecule has 0 N–H and O–H groups in total. The van der Waals surface area contributed by atoms with E-state index in [0.29, 0.717) is 12.8 Å². The lowest BCUT2D eigenvalue weighted by atomic mass is 9.90. The first-order chi connectivity index (χ1) is 10.5. The van der Waals surface area contributed by atoms with E-state index in [4.69, 9.17) is 4.74 Å². The number of hydrogen-bond acceptors (Lipinski definition) is 4. The highest BCUT2D eigenvalue weighted by molar-refractivity contribution is 6.10. The van der Waals surface area contributed by atoms with E-state index in [2.05, 4.69) is 0 Å². The van der Waals surface area contributed by atoms with Gasteiger partial charge in [0.15, 0.2) is 5.78 Å². The summed E-state index contributed by atoms with van der Waals surface area (Å²) in [6.07, 6.45) is 1.31. The molecule has 0 spiro atoms. The number of carbonyl (C=O) groups is 3. The van der Waals surface area contributed by atoms with Gasteiger partial charge in [-0.15, -0.1) is 0 Å². The van der Waals surface area contributed by atoms with Crippen molar-refractivity contribution < 1.29 is 23.5 Å². The van der Waals surface area contributed by atoms with Gasteiger partial charge in [-0.1, -0.05) is 0 Å². The average Bonchev–Trinajstić information content (AvgIpc) is 2.62. The van der Waals surface area contributed by atoms with Crippen molar-refractivity contribution in [2.45, 2.75) is 25.3 Å². The summed E-state index contributed by atoms with van der Waals surface area (Å²) in [5.74, 6) is -1.80. The summed E-state index contributed by atoms with van der Waals surface area (Å²) < 4.78 is 18.1. The molecule has 2 aliphatic heterocycles. The Hall–Kier alpha value is -2.24. The fourth-order valence-corrected chi connectivity index (χ4v) is 3.26. The maximum absolute atomic E-state index is 13.4. The minimum atomic E-state index is -0.535. The summed E-state index contributed by atoms with van der Waals surface area (Å²) >= 11 is 0. The predicted octanol–water partition coefficient (Wildman–Crippen LogP) is 1.81. The molecule has 2 heterocycles. The molecule has 1 aromatic rings. The van der Waals surface area contributed by atoms with Gasteiger partial charge in [-0.3, -0.25) is 14.4 Å². The van der Waals surface area contributed by atoms with Crippen LogP contribution in [0.5, 0.6) is 0 Å². The number of halogens is 1. The van der Waals surface area contributed by atoms with Gasteiger partial charge < -0.3 is 9.64 Å². The van der Waals surface area contributed by atoms with E-state index >= 15 is 0 Å². The molecule has 3 rings (SSSR count). The number of amides is 1. The highest BCUT2D eigenvalue weighted by Crippen LogP contribution is 2.31. The Labute approximate surface area is 127 Å². The van der Waals surface area contributed by atoms with Crippen LogP contribution in [0.4, 0.5) is 4.39 Å². The first-order valence-corrected chi connectivity index (χ1v) is 7.23. The molecule has 116 valence electrons. The normalized spacial score (nSPS) is 24.4. The van der Waals surface area contributed by atoms with Gasteiger partial charge >= 0.3 is 5.97 Å². The number of nitrogens with zero attached hydrogens (tertiary/aromatic N) is 1. The molecule has 1 amide bonds. The fraction of sp³-hybridized carbons (Fsp3) is 0.438. The van der Waals surface area contributed by atoms with Gasteiger partial charge in [-0.25, -0.2) is 4.39 Å². The quantitative estimate of drug-likeness (QED) is 0.742. The number of hydrogen-bond donors (Lipinski definition) is 0. The number of rotatable bonds is 1. The minimum Gasteiger partial charge on any atom is -0.469 e. The third-order valence-corrected chi connectivity index (χ3v) is 4.44. The summed E-state index contributed by atoms with van der Waals surface area (Å²) in [4.78, 5) is 38.3. The average molecular weight is 305 g/mol. The number of carbonyl (C=O) groups excluding carboxylic acids is 3. The third-order valence-electron chi connectivity index (χ3n) is 4.44. The Bertz CT molecular complexity index is 658. The van der Waals surface area contributed by atoms with Crippen molar-refractivity contribution in [1.82, 2.24) is 4.90 Å². The van der Waals surface area contributed by atoms with Gasteiger partial charge in [0.25, 0.3) is 5.91 Å². The van der Waals surface area contributed by atoms with E-state index in [9.17, 15) is 18.8 Å². The molecule has 6 heteroatoms. The molecule has 0 unspecified atom stereocenters. The molecule has 22 heavy (non-hydrogen) atoms. The molecule has 1 fully saturated rings. The molecule has 2 atom stereocenters. The van der Waals surface area contributed by atoms with Crippen LogP contribution in [-0.4, -0.2) is 42.3 Å². The number of piperidine rings is 1. The predicted molar refractivity (Wildman–Crippen MR) is 74.9 cm³/mol. The highest BCUT2D eigenvalue weighted by atomic mass is 19.1. The van der Waals surface area contributed by atoms with Crippen molar-refractivity contribution in [2.24, 2.45) is 5.92 Å². The van der Waals surface area contributed by atoms with Crippen LogP contribution in [0.1, 0.15) is 40.0 Å². The van der Waals surface area contributed by atoms with Gasteiger partial charge in [-0.2, -0.15) is 0 Å². The molecule has 5 nitrogen and oxygen atoms in total. The lowest BCUT2D eigenvalue weighted by molar-refractivity contribution is -0.147. The lowest BCUT2D eigenvalue weighted by Gasteiger charge is -2.37. The Morgan fingerprint density at radius 1 is 1.27 bits per heavy atom. The Balaban J connectivity index is 1.96. The van der Waals surface area contributed by atoms with Crippen LogP contribution in [0, 0.1) is 11.7 Å². The number of methoxy groups -OCH3 is 1. The van der Waals surface area contributed by atoms with E-state index in [1.54, 1.807) is 4.90 Å². The van der Waals surface area contributed by atoms with Gasteiger partial charge in [0.05, 0.1) is 18.6 Å². The van der Waals surface area contributed by atoms with Gasteiger partial charge in [0.2, 0.25) is 0 Å². The number of Topliss-reactive ketones (excluding diaryl/α,β-unsaturated/α-hetero) is 1. The number of ketones is 1. The van der Waals surface area contributed by atoms with Crippen molar-refractivity contribution >= 4 is 17.7 Å². The molecular formula is C16H16FNO4. The standard InChI is InChI=1S/C16H16FNO4/c1-22-16(21)9-2-4-11-7-14(19)13-6-10(17)3-5-12(13)15(20)18(11)8-9/h3,5-6,9,11H,2,4,7-8H2,1H3/t9-,11-/m0/s1. The summed E-state index contributed by atoms with van der Waals surface area (Å²) in [5, 5.41) is 0. The van der Waals surface area contributed by atoms with Crippen LogP contribution >= 0.6 is 0 Å². The van der Waals surface area contributed by atoms with Crippen LogP contribution < -0.4 is 0 Å². The molecule has 0 bridgehead atoms. The van der Waals surface area contributed by atoms with E-state index in [1.165, 1.54) is 19.2 Å². The van der Waals surface area contributed by atoms with Crippen LogP contribution in [0.15, 0.2) is 18.2 Å². The van der Waals surface area contributed by atoms with E-state index in [0.717, 1.165) is 6.07 Å². The van der Waals surface area contributed by atoms with Crippen LogP contribution in [-0.2, 0) is 9.53 Å². The van der Waals surface area contributed by atoms with E-state index in [1.807, 2.05) is 0 Å². The molecule has 1 saturated heterocycles. The van der Waals surface area contributed by atoms with Gasteiger partial charge in [0, 0.05) is 24.6 Å². The molecular weight excluding hydrogens is 289 g/mol.